The second kappa shape index (κ2) is 11.1. The molecule has 14 nitrogen and oxygen atoms in total. The summed E-state index contributed by atoms with van der Waals surface area (Å²) in [4.78, 5) is 53.5. The summed E-state index contributed by atoms with van der Waals surface area (Å²) in [6.45, 7) is 0. The maximum absolute atomic E-state index is 10.6. The van der Waals surface area contributed by atoms with E-state index in [9.17, 15) is 40.0 Å². The number of carbonyl (C=O) groups excluding carboxylic acids is 2. The van der Waals surface area contributed by atoms with Gasteiger partial charge in [0.2, 0.25) is 0 Å². The summed E-state index contributed by atoms with van der Waals surface area (Å²) in [6, 6.07) is 2.29. The topological polar surface area (TPSA) is 224 Å². The first-order valence-electron chi connectivity index (χ1n) is 7.84. The standard InChI is InChI=1S/2C8H5N3O4.2Na/c2*12-8(13)6-3-10-7-5(6)1-4(2-9-7)11(14)15;;/h2*1-3H,(H,9,10)(H,12,13);;/q;;2*+1/p-2. The number of carboxylic acid groups (broad SMARTS) is 2. The van der Waals surface area contributed by atoms with Crippen LogP contribution in [0.1, 0.15) is 20.7 Å². The summed E-state index contributed by atoms with van der Waals surface area (Å²) < 4.78 is 0. The fourth-order valence-corrected chi connectivity index (χ4v) is 2.52. The third kappa shape index (κ3) is 5.67. The van der Waals surface area contributed by atoms with Crippen LogP contribution in [-0.2, 0) is 0 Å². The van der Waals surface area contributed by atoms with Crippen LogP contribution in [0.4, 0.5) is 11.4 Å². The van der Waals surface area contributed by atoms with Gasteiger partial charge in [-0.3, -0.25) is 20.2 Å². The average Bonchev–Trinajstić information content (AvgIpc) is 3.31. The molecule has 0 atom stereocenters. The smallest absolute Gasteiger partial charge is 0.545 e. The van der Waals surface area contributed by atoms with Crippen molar-refractivity contribution in [3.8, 4) is 0 Å². The van der Waals surface area contributed by atoms with Gasteiger partial charge in [-0.15, -0.1) is 0 Å². The number of nitrogens with one attached hydrogen (secondary N) is 2. The van der Waals surface area contributed by atoms with E-state index in [4.69, 9.17) is 0 Å². The number of carbonyl (C=O) groups is 2. The molecular formula is C16H8N6Na2O8. The quantitative estimate of drug-likeness (QED) is 0.167. The van der Waals surface area contributed by atoms with Gasteiger partial charge in [-0.25, -0.2) is 9.97 Å². The summed E-state index contributed by atoms with van der Waals surface area (Å²) in [7, 11) is 0. The van der Waals surface area contributed by atoms with Gasteiger partial charge in [-0.05, 0) is 0 Å². The molecule has 32 heavy (non-hydrogen) atoms. The Bertz CT molecular complexity index is 1230. The number of nitro groups is 2. The number of nitrogens with zero attached hydrogens (tertiary/aromatic N) is 4. The predicted molar refractivity (Wildman–Crippen MR) is 94.2 cm³/mol. The van der Waals surface area contributed by atoms with Crippen LogP contribution in [0.25, 0.3) is 22.1 Å². The molecule has 4 rings (SSSR count). The molecule has 4 heterocycles. The van der Waals surface area contributed by atoms with Crippen LogP contribution in [-0.4, -0.2) is 41.7 Å². The molecule has 4 aromatic rings. The first-order valence-corrected chi connectivity index (χ1v) is 7.84. The van der Waals surface area contributed by atoms with E-state index in [0.717, 1.165) is 24.5 Å². The van der Waals surface area contributed by atoms with Crippen molar-refractivity contribution in [2.45, 2.75) is 0 Å². The number of aromatic nitrogens is 4. The number of fused-ring (bicyclic) bond motifs is 2. The van der Waals surface area contributed by atoms with Crippen LogP contribution >= 0.6 is 0 Å². The minimum absolute atomic E-state index is 0. The van der Waals surface area contributed by atoms with Crippen molar-refractivity contribution in [2.75, 3.05) is 0 Å². The number of rotatable bonds is 4. The molecule has 0 unspecified atom stereocenters. The van der Waals surface area contributed by atoms with Crippen LogP contribution in [0.2, 0.25) is 0 Å². The summed E-state index contributed by atoms with van der Waals surface area (Å²) >= 11 is 0. The van der Waals surface area contributed by atoms with Crippen molar-refractivity contribution < 1.29 is 88.8 Å². The Hall–Kier alpha value is -2.88. The van der Waals surface area contributed by atoms with Crippen molar-refractivity contribution in [1.82, 2.24) is 19.9 Å². The first-order chi connectivity index (χ1) is 14.2. The molecule has 0 amide bonds. The van der Waals surface area contributed by atoms with Crippen molar-refractivity contribution in [3.05, 3.63) is 68.3 Å². The van der Waals surface area contributed by atoms with Gasteiger partial charge < -0.3 is 29.8 Å². The maximum atomic E-state index is 10.6. The van der Waals surface area contributed by atoms with Gasteiger partial charge in [0.05, 0.1) is 21.8 Å². The molecule has 0 aromatic carbocycles. The predicted octanol–water partition coefficient (Wildman–Crippen LogP) is -6.32. The molecule has 0 saturated carbocycles. The van der Waals surface area contributed by atoms with Crippen molar-refractivity contribution in [3.63, 3.8) is 0 Å². The largest absolute Gasteiger partial charge is 1.00 e. The summed E-state index contributed by atoms with van der Waals surface area (Å²) in [6.07, 6.45) is 4.49. The third-order valence-electron chi connectivity index (χ3n) is 3.89. The van der Waals surface area contributed by atoms with Crippen LogP contribution in [0, 0.1) is 20.2 Å². The number of H-pyrrole nitrogens is 2. The van der Waals surface area contributed by atoms with Gasteiger partial charge >= 0.3 is 59.1 Å². The minimum atomic E-state index is -1.40. The van der Waals surface area contributed by atoms with Gasteiger partial charge in [0.1, 0.15) is 23.7 Å². The third-order valence-corrected chi connectivity index (χ3v) is 3.89. The molecule has 4 aromatic heterocycles. The van der Waals surface area contributed by atoms with Gasteiger partial charge in [0, 0.05) is 46.4 Å². The van der Waals surface area contributed by atoms with Crippen LogP contribution in [0.15, 0.2) is 36.9 Å². The van der Waals surface area contributed by atoms with E-state index in [1.807, 2.05) is 0 Å². The van der Waals surface area contributed by atoms with E-state index >= 15 is 0 Å². The molecule has 152 valence electrons. The van der Waals surface area contributed by atoms with Crippen molar-refractivity contribution in [2.24, 2.45) is 0 Å². The Morgan fingerprint density at radius 1 is 0.750 bits per heavy atom. The van der Waals surface area contributed by atoms with Gasteiger partial charge in [-0.1, -0.05) is 0 Å². The van der Waals surface area contributed by atoms with Crippen molar-refractivity contribution in [1.29, 1.82) is 0 Å². The molecule has 0 aliphatic heterocycles. The zero-order valence-electron chi connectivity index (χ0n) is 16.5. The normalized spacial score (nSPS) is 9.75. The Kier molecular flexibility index (Phi) is 9.44. The Labute approximate surface area is 220 Å². The van der Waals surface area contributed by atoms with E-state index in [1.54, 1.807) is 0 Å². The number of aromatic amines is 2. The number of pyridine rings is 2. The van der Waals surface area contributed by atoms with Gasteiger partial charge in [-0.2, -0.15) is 0 Å². The molecule has 0 radical (unpaired) electrons. The minimum Gasteiger partial charge on any atom is -0.545 e. The number of aromatic carboxylic acids is 2. The zero-order valence-corrected chi connectivity index (χ0v) is 20.5. The van der Waals surface area contributed by atoms with E-state index in [1.165, 1.54) is 12.4 Å². The van der Waals surface area contributed by atoms with E-state index in [0.29, 0.717) is 0 Å². The molecule has 0 fully saturated rings. The van der Waals surface area contributed by atoms with Gasteiger partial charge in [0.15, 0.2) is 0 Å². The summed E-state index contributed by atoms with van der Waals surface area (Å²) in [5.41, 5.74) is -0.240. The number of hydrogen-bond acceptors (Lipinski definition) is 10. The molecule has 0 bridgehead atoms. The fourth-order valence-electron chi connectivity index (χ4n) is 2.52. The Morgan fingerprint density at radius 2 is 1.09 bits per heavy atom. The zero-order chi connectivity index (χ0) is 22.0. The Balaban J connectivity index is 0.000000301. The average molecular weight is 458 g/mol. The number of carboxylic acids is 2. The Morgan fingerprint density at radius 3 is 1.38 bits per heavy atom. The fraction of sp³-hybridized carbons (Fsp3) is 0. The van der Waals surface area contributed by atoms with E-state index in [-0.39, 0.29) is 104 Å². The van der Waals surface area contributed by atoms with Crippen LogP contribution in [0.3, 0.4) is 0 Å². The molecule has 0 saturated heterocycles. The molecule has 0 aliphatic carbocycles. The second-order valence-electron chi connectivity index (χ2n) is 5.67. The molecule has 16 heteroatoms. The summed E-state index contributed by atoms with van der Waals surface area (Å²) in [5.74, 6) is -2.80. The van der Waals surface area contributed by atoms with E-state index in [2.05, 4.69) is 19.9 Å². The van der Waals surface area contributed by atoms with Crippen LogP contribution < -0.4 is 69.3 Å². The molecular weight excluding hydrogens is 450 g/mol. The maximum Gasteiger partial charge on any atom is 1.00 e. The molecule has 0 aliphatic rings. The SMILES string of the molecule is O=C([O-])c1c[nH]c2ncc([N+](=O)[O-])cc12.O=C([O-])c1c[nH]c2ncc([N+](=O)[O-])cc12.[Na+].[Na+]. The van der Waals surface area contributed by atoms with E-state index < -0.39 is 21.8 Å². The molecule has 2 N–H and O–H groups in total. The monoisotopic (exact) mass is 458 g/mol. The van der Waals surface area contributed by atoms with Crippen molar-refractivity contribution >= 4 is 45.4 Å². The van der Waals surface area contributed by atoms with Gasteiger partial charge in [0.25, 0.3) is 11.4 Å². The molecule has 0 spiro atoms. The summed E-state index contributed by atoms with van der Waals surface area (Å²) in [5, 5.41) is 42.5. The first kappa shape index (κ1) is 27.2. The number of hydrogen-bond donors (Lipinski definition) is 2. The second-order valence-corrected chi connectivity index (χ2v) is 5.67. The van der Waals surface area contributed by atoms with Crippen LogP contribution in [0.5, 0.6) is 0 Å².